The van der Waals surface area contributed by atoms with Gasteiger partial charge in [-0.05, 0) is 6.07 Å². The van der Waals surface area contributed by atoms with E-state index in [1.54, 1.807) is 18.3 Å². The molecule has 0 aliphatic heterocycles. The molecular weight excluding hydrogens is 232 g/mol. The topological polar surface area (TPSA) is 53.0 Å². The molecule has 3 nitrogen and oxygen atoms in total. The van der Waals surface area contributed by atoms with Crippen LogP contribution in [0.15, 0.2) is 36.5 Å². The van der Waals surface area contributed by atoms with Crippen LogP contribution in [0.5, 0.6) is 0 Å². The number of pyridine rings is 1. The number of hydrogen-bond acceptors (Lipinski definition) is 3. The molecule has 64 valence electrons. The Hall–Kier alpha value is -1.28. The number of hydrogen-bond donors (Lipinski definition) is 0. The molecule has 0 saturated heterocycles. The Kier molecular flexibility index (Phi) is 3.31. The molecule has 0 atom stereocenters. The number of carboxylic acid groups (broad SMARTS) is 1. The smallest absolute Gasteiger partial charge is 0.545 e. The van der Waals surface area contributed by atoms with E-state index in [-0.39, 0.29) is 25.0 Å². The second-order valence-corrected chi connectivity index (χ2v) is 2.67. The molecule has 0 amide bonds. The van der Waals surface area contributed by atoms with Crippen LogP contribution < -0.4 is 5.11 Å². The van der Waals surface area contributed by atoms with Crippen molar-refractivity contribution in [2.24, 2.45) is 0 Å². The summed E-state index contributed by atoms with van der Waals surface area (Å²) in [5, 5.41) is 11.5. The first-order chi connectivity index (χ1) is 6.29. The van der Waals surface area contributed by atoms with Gasteiger partial charge in [0.1, 0.15) is 0 Å². The minimum absolute atomic E-state index is 0. The maximum Gasteiger partial charge on any atom is 2.00 e. The van der Waals surface area contributed by atoms with E-state index in [4.69, 9.17) is 0 Å². The standard InChI is InChI=1S/C10H7NO2.Zn/c12-10(13)8-5-1-3-7-4-2-6-11-9(7)8;/h1-6H,(H,12,13);/q;+2/p-1. The molecule has 0 fully saturated rings. The van der Waals surface area contributed by atoms with E-state index in [0.29, 0.717) is 5.52 Å². The van der Waals surface area contributed by atoms with Crippen molar-refractivity contribution in [2.75, 3.05) is 0 Å². The van der Waals surface area contributed by atoms with Crippen molar-refractivity contribution in [1.29, 1.82) is 0 Å². The molecule has 1 aromatic heterocycles. The van der Waals surface area contributed by atoms with Gasteiger partial charge in [-0.1, -0.05) is 24.3 Å². The van der Waals surface area contributed by atoms with Gasteiger partial charge in [-0.15, -0.1) is 0 Å². The van der Waals surface area contributed by atoms with Gasteiger partial charge in [-0.2, -0.15) is 0 Å². The molecule has 0 N–H and O–H groups in total. The summed E-state index contributed by atoms with van der Waals surface area (Å²) in [6.07, 6.45) is 1.56. The summed E-state index contributed by atoms with van der Waals surface area (Å²) in [5.41, 5.74) is 0.614. The zero-order chi connectivity index (χ0) is 9.26. The van der Waals surface area contributed by atoms with E-state index in [9.17, 15) is 9.90 Å². The minimum atomic E-state index is -1.19. The van der Waals surface area contributed by atoms with Crippen LogP contribution in [0.1, 0.15) is 10.4 Å². The largest absolute Gasteiger partial charge is 2.00 e. The summed E-state index contributed by atoms with van der Waals surface area (Å²) in [4.78, 5) is 14.6. The van der Waals surface area contributed by atoms with Crippen molar-refractivity contribution in [3.8, 4) is 0 Å². The average molecular weight is 238 g/mol. The van der Waals surface area contributed by atoms with Crippen LogP contribution in [0.4, 0.5) is 0 Å². The van der Waals surface area contributed by atoms with E-state index >= 15 is 0 Å². The number of nitrogens with zero attached hydrogens (tertiary/aromatic N) is 1. The third-order valence-corrected chi connectivity index (χ3v) is 1.85. The number of benzene rings is 1. The number of aromatic nitrogens is 1. The van der Waals surface area contributed by atoms with Crippen molar-refractivity contribution in [1.82, 2.24) is 4.98 Å². The summed E-state index contributed by atoms with van der Waals surface area (Å²) < 4.78 is 0. The quantitative estimate of drug-likeness (QED) is 0.683. The van der Waals surface area contributed by atoms with Crippen molar-refractivity contribution in [2.45, 2.75) is 0 Å². The van der Waals surface area contributed by atoms with Crippen LogP contribution in [-0.4, -0.2) is 11.0 Å². The number of carbonyl (C=O) groups is 1. The first-order valence-electron chi connectivity index (χ1n) is 3.84. The summed E-state index contributed by atoms with van der Waals surface area (Å²) in [6.45, 7) is 0. The van der Waals surface area contributed by atoms with Gasteiger partial charge in [-0.25, -0.2) is 0 Å². The molecule has 0 aliphatic rings. The van der Waals surface area contributed by atoms with Gasteiger partial charge >= 0.3 is 19.5 Å². The molecule has 1 aromatic carbocycles. The predicted octanol–water partition coefficient (Wildman–Crippen LogP) is 0.596. The summed E-state index contributed by atoms with van der Waals surface area (Å²) >= 11 is 0. The number of fused-ring (bicyclic) bond motifs is 1. The fourth-order valence-corrected chi connectivity index (χ4v) is 1.27. The SMILES string of the molecule is O=C([O-])c1cccc2cccnc12.[Zn+2]. The Morgan fingerprint density at radius 2 is 1.93 bits per heavy atom. The first-order valence-corrected chi connectivity index (χ1v) is 3.84. The van der Waals surface area contributed by atoms with Crippen LogP contribution in [0, 0.1) is 0 Å². The van der Waals surface area contributed by atoms with Crippen LogP contribution in [0.3, 0.4) is 0 Å². The monoisotopic (exact) mass is 236 g/mol. The molecular formula is C10H6NO2Zn+. The normalized spacial score (nSPS) is 9.43. The van der Waals surface area contributed by atoms with Crippen molar-refractivity contribution in [3.63, 3.8) is 0 Å². The number of para-hydroxylation sites is 1. The van der Waals surface area contributed by atoms with E-state index in [1.165, 1.54) is 6.07 Å². The third kappa shape index (κ3) is 1.80. The number of carboxylic acids is 1. The van der Waals surface area contributed by atoms with Gasteiger partial charge in [-0.3, -0.25) is 4.98 Å². The molecule has 0 saturated carbocycles. The Balaban J connectivity index is 0.000000980. The average Bonchev–Trinajstić information content (AvgIpc) is 2.17. The van der Waals surface area contributed by atoms with E-state index in [1.807, 2.05) is 12.1 Å². The molecule has 0 spiro atoms. The molecule has 14 heavy (non-hydrogen) atoms. The zero-order valence-electron chi connectivity index (χ0n) is 7.43. The van der Waals surface area contributed by atoms with Crippen LogP contribution >= 0.6 is 0 Å². The van der Waals surface area contributed by atoms with Gasteiger partial charge in [0, 0.05) is 17.1 Å². The molecule has 0 aliphatic carbocycles. The van der Waals surface area contributed by atoms with E-state index in [0.717, 1.165) is 5.39 Å². The van der Waals surface area contributed by atoms with Crippen LogP contribution in [0.2, 0.25) is 0 Å². The molecule has 1 heterocycles. The summed E-state index contributed by atoms with van der Waals surface area (Å²) in [6, 6.07) is 8.56. The summed E-state index contributed by atoms with van der Waals surface area (Å²) in [7, 11) is 0. The van der Waals surface area contributed by atoms with Crippen molar-refractivity contribution >= 4 is 16.9 Å². The fraction of sp³-hybridized carbons (Fsp3) is 0. The van der Waals surface area contributed by atoms with Crippen molar-refractivity contribution in [3.05, 3.63) is 42.1 Å². The van der Waals surface area contributed by atoms with E-state index < -0.39 is 5.97 Å². The van der Waals surface area contributed by atoms with Gasteiger partial charge < -0.3 is 9.90 Å². The van der Waals surface area contributed by atoms with Crippen LogP contribution in [-0.2, 0) is 19.5 Å². The fourth-order valence-electron chi connectivity index (χ4n) is 1.27. The molecule has 0 bridgehead atoms. The molecule has 2 rings (SSSR count). The Labute approximate surface area is 93.5 Å². The third-order valence-electron chi connectivity index (χ3n) is 1.85. The van der Waals surface area contributed by atoms with Crippen LogP contribution in [0.25, 0.3) is 10.9 Å². The maximum absolute atomic E-state index is 10.7. The Morgan fingerprint density at radius 3 is 2.64 bits per heavy atom. The van der Waals surface area contributed by atoms with Gasteiger partial charge in [0.15, 0.2) is 0 Å². The molecule has 4 heteroatoms. The second kappa shape index (κ2) is 4.29. The van der Waals surface area contributed by atoms with Gasteiger partial charge in [0.25, 0.3) is 0 Å². The minimum Gasteiger partial charge on any atom is -0.545 e. The van der Waals surface area contributed by atoms with Crippen molar-refractivity contribution < 1.29 is 29.4 Å². The first kappa shape index (κ1) is 10.8. The number of aromatic carboxylic acids is 1. The Bertz CT molecular complexity index is 465. The van der Waals surface area contributed by atoms with Gasteiger partial charge in [0.2, 0.25) is 0 Å². The molecule has 0 unspecified atom stereocenters. The predicted molar refractivity (Wildman–Crippen MR) is 46.1 cm³/mol. The maximum atomic E-state index is 10.7. The Morgan fingerprint density at radius 1 is 1.21 bits per heavy atom. The molecule has 2 aromatic rings. The number of carbonyl (C=O) groups excluding carboxylic acids is 1. The molecule has 0 radical (unpaired) electrons. The van der Waals surface area contributed by atoms with Gasteiger partial charge in [0.05, 0.1) is 11.5 Å². The van der Waals surface area contributed by atoms with E-state index in [2.05, 4.69) is 4.98 Å². The summed E-state index contributed by atoms with van der Waals surface area (Å²) in [5.74, 6) is -1.19. The zero-order valence-corrected chi connectivity index (χ0v) is 10.4. The second-order valence-electron chi connectivity index (χ2n) is 2.67. The number of rotatable bonds is 1.